The van der Waals surface area contributed by atoms with E-state index in [2.05, 4.69) is 76.2 Å². The molecule has 0 fully saturated rings. The zero-order chi connectivity index (χ0) is 17.6. The maximum absolute atomic E-state index is 6.12. The topological polar surface area (TPSA) is 13.1 Å². The summed E-state index contributed by atoms with van der Waals surface area (Å²) in [6.07, 6.45) is 2.47. The van der Waals surface area contributed by atoms with Gasteiger partial charge in [-0.1, -0.05) is 55.8 Å². The third kappa shape index (κ3) is 2.93. The van der Waals surface area contributed by atoms with Crippen LogP contribution in [0.5, 0.6) is 0 Å². The van der Waals surface area contributed by atoms with Crippen LogP contribution in [0.15, 0.2) is 52.9 Å². The first-order valence-corrected chi connectivity index (χ1v) is 9.33. The van der Waals surface area contributed by atoms with Gasteiger partial charge >= 0.3 is 0 Å². The zero-order valence-corrected chi connectivity index (χ0v) is 15.6. The third-order valence-corrected chi connectivity index (χ3v) is 5.64. The normalized spacial score (nSPS) is 16.4. The predicted molar refractivity (Wildman–Crippen MR) is 105 cm³/mol. The van der Waals surface area contributed by atoms with Crippen molar-refractivity contribution in [3.05, 3.63) is 71.0 Å². The van der Waals surface area contributed by atoms with Gasteiger partial charge in [-0.25, -0.2) is 0 Å². The maximum atomic E-state index is 6.12. The summed E-state index contributed by atoms with van der Waals surface area (Å²) in [5, 5.41) is 0. The van der Waals surface area contributed by atoms with Crippen LogP contribution in [-0.4, -0.2) is 0 Å². The molecule has 1 heterocycles. The first kappa shape index (κ1) is 16.2. The highest BCUT2D eigenvalue weighted by Gasteiger charge is 2.25. The van der Waals surface area contributed by atoms with Crippen molar-refractivity contribution in [1.29, 1.82) is 0 Å². The van der Waals surface area contributed by atoms with E-state index in [4.69, 9.17) is 4.42 Å². The Morgan fingerprint density at radius 1 is 0.920 bits per heavy atom. The minimum Gasteiger partial charge on any atom is -0.461 e. The molecule has 1 unspecified atom stereocenters. The maximum Gasteiger partial charge on any atom is 0.134 e. The molecule has 0 saturated carbocycles. The van der Waals surface area contributed by atoms with Crippen LogP contribution in [0.25, 0.3) is 22.5 Å². The molecular weight excluding hydrogens is 304 g/mol. The van der Waals surface area contributed by atoms with Crippen molar-refractivity contribution in [3.63, 3.8) is 0 Å². The second-order valence-electron chi connectivity index (χ2n) is 7.75. The minimum absolute atomic E-state index is 0.713. The standard InChI is InChI=1S/C24H26O/c1-15(2)21-11-9-19-13-20(10-12-22(19)21)24-14-23(17(4)25-24)18-7-5-16(3)6-8-18/h5-8,10,12-15,21H,9,11H2,1-4H3. The molecule has 0 saturated heterocycles. The zero-order valence-electron chi connectivity index (χ0n) is 15.6. The van der Waals surface area contributed by atoms with E-state index in [0.717, 1.165) is 11.5 Å². The predicted octanol–water partition coefficient (Wildman–Crippen LogP) is 6.92. The highest BCUT2D eigenvalue weighted by Crippen LogP contribution is 2.40. The van der Waals surface area contributed by atoms with Crippen LogP contribution in [0.4, 0.5) is 0 Å². The van der Waals surface area contributed by atoms with Gasteiger partial charge in [0.05, 0.1) is 0 Å². The fourth-order valence-corrected chi connectivity index (χ4v) is 4.14. The van der Waals surface area contributed by atoms with Gasteiger partial charge in [-0.2, -0.15) is 0 Å². The highest BCUT2D eigenvalue weighted by molar-refractivity contribution is 5.73. The molecule has 4 rings (SSSR count). The van der Waals surface area contributed by atoms with Gasteiger partial charge in [0.25, 0.3) is 0 Å². The lowest BCUT2D eigenvalue weighted by Gasteiger charge is -2.15. The Labute approximate surface area is 150 Å². The van der Waals surface area contributed by atoms with Gasteiger partial charge in [-0.3, -0.25) is 0 Å². The molecule has 2 aromatic carbocycles. The van der Waals surface area contributed by atoms with E-state index in [0.29, 0.717) is 11.8 Å². The number of furan rings is 1. The van der Waals surface area contributed by atoms with E-state index in [1.807, 2.05) is 0 Å². The second-order valence-corrected chi connectivity index (χ2v) is 7.75. The molecule has 0 aliphatic heterocycles. The lowest BCUT2D eigenvalue weighted by Crippen LogP contribution is -2.01. The Morgan fingerprint density at radius 3 is 2.36 bits per heavy atom. The van der Waals surface area contributed by atoms with Crippen LogP contribution in [0.2, 0.25) is 0 Å². The molecule has 128 valence electrons. The monoisotopic (exact) mass is 330 g/mol. The summed E-state index contributed by atoms with van der Waals surface area (Å²) in [7, 11) is 0. The van der Waals surface area contributed by atoms with E-state index in [-0.39, 0.29) is 0 Å². The van der Waals surface area contributed by atoms with Gasteiger partial charge in [0, 0.05) is 11.1 Å². The average molecular weight is 330 g/mol. The number of aryl methyl sites for hydroxylation is 3. The van der Waals surface area contributed by atoms with Crippen LogP contribution in [0.3, 0.4) is 0 Å². The van der Waals surface area contributed by atoms with Crippen molar-refractivity contribution >= 4 is 0 Å². The van der Waals surface area contributed by atoms with E-state index < -0.39 is 0 Å². The fourth-order valence-electron chi connectivity index (χ4n) is 4.14. The van der Waals surface area contributed by atoms with Crippen molar-refractivity contribution in [2.24, 2.45) is 5.92 Å². The quantitative estimate of drug-likeness (QED) is 0.508. The van der Waals surface area contributed by atoms with Crippen LogP contribution in [0, 0.1) is 19.8 Å². The number of benzene rings is 2. The van der Waals surface area contributed by atoms with E-state index in [1.54, 1.807) is 5.56 Å². The van der Waals surface area contributed by atoms with Crippen molar-refractivity contribution < 1.29 is 4.42 Å². The van der Waals surface area contributed by atoms with E-state index in [9.17, 15) is 0 Å². The smallest absolute Gasteiger partial charge is 0.134 e. The molecule has 1 atom stereocenters. The van der Waals surface area contributed by atoms with E-state index in [1.165, 1.54) is 40.7 Å². The Bertz CT molecular complexity index is 896. The summed E-state index contributed by atoms with van der Waals surface area (Å²) in [6, 6.07) is 17.7. The SMILES string of the molecule is Cc1ccc(-c2cc(-c3ccc4c(c3)CCC4C(C)C)oc2C)cc1. The summed E-state index contributed by atoms with van der Waals surface area (Å²) in [4.78, 5) is 0. The molecule has 0 spiro atoms. The number of rotatable bonds is 3. The first-order valence-electron chi connectivity index (χ1n) is 9.33. The Hall–Kier alpha value is -2.28. The summed E-state index contributed by atoms with van der Waals surface area (Å²) in [5.41, 5.74) is 7.94. The lowest BCUT2D eigenvalue weighted by atomic mass is 9.89. The highest BCUT2D eigenvalue weighted by atomic mass is 16.3. The van der Waals surface area contributed by atoms with Crippen LogP contribution < -0.4 is 0 Å². The summed E-state index contributed by atoms with van der Waals surface area (Å²) >= 11 is 0. The van der Waals surface area contributed by atoms with Crippen molar-refractivity contribution in [3.8, 4) is 22.5 Å². The molecule has 1 aliphatic rings. The van der Waals surface area contributed by atoms with Crippen LogP contribution >= 0.6 is 0 Å². The summed E-state index contributed by atoms with van der Waals surface area (Å²) in [6.45, 7) is 8.84. The van der Waals surface area contributed by atoms with Gasteiger partial charge < -0.3 is 4.42 Å². The summed E-state index contributed by atoms with van der Waals surface area (Å²) < 4.78 is 6.12. The fraction of sp³-hybridized carbons (Fsp3) is 0.333. The third-order valence-electron chi connectivity index (χ3n) is 5.64. The molecule has 0 radical (unpaired) electrons. The number of fused-ring (bicyclic) bond motifs is 1. The molecule has 1 aliphatic carbocycles. The molecular formula is C24H26O. The van der Waals surface area contributed by atoms with Crippen LogP contribution in [-0.2, 0) is 6.42 Å². The Balaban J connectivity index is 1.70. The molecule has 1 nitrogen and oxygen atoms in total. The molecule has 0 amide bonds. The second kappa shape index (κ2) is 6.22. The van der Waals surface area contributed by atoms with E-state index >= 15 is 0 Å². The number of hydrogen-bond acceptors (Lipinski definition) is 1. The molecule has 1 heteroatoms. The van der Waals surface area contributed by atoms with Crippen molar-refractivity contribution in [2.75, 3.05) is 0 Å². The number of hydrogen-bond donors (Lipinski definition) is 0. The van der Waals surface area contributed by atoms with Crippen LogP contribution in [0.1, 0.15) is 48.6 Å². The molecule has 3 aromatic rings. The van der Waals surface area contributed by atoms with Gasteiger partial charge in [0.2, 0.25) is 0 Å². The minimum atomic E-state index is 0.713. The van der Waals surface area contributed by atoms with Crippen molar-refractivity contribution in [1.82, 2.24) is 0 Å². The van der Waals surface area contributed by atoms with Gasteiger partial charge in [-0.15, -0.1) is 0 Å². The first-order chi connectivity index (χ1) is 12.0. The largest absolute Gasteiger partial charge is 0.461 e. The van der Waals surface area contributed by atoms with Gasteiger partial charge in [0.15, 0.2) is 0 Å². The molecule has 25 heavy (non-hydrogen) atoms. The Kier molecular flexibility index (Phi) is 4.03. The summed E-state index contributed by atoms with van der Waals surface area (Å²) in [5.74, 6) is 3.39. The average Bonchev–Trinajstić information content (AvgIpc) is 3.18. The molecule has 0 N–H and O–H groups in total. The molecule has 0 bridgehead atoms. The van der Waals surface area contributed by atoms with Crippen molar-refractivity contribution in [2.45, 2.75) is 46.5 Å². The van der Waals surface area contributed by atoms with Gasteiger partial charge in [0.1, 0.15) is 11.5 Å². The molecule has 1 aromatic heterocycles. The lowest BCUT2D eigenvalue weighted by molar-refractivity contribution is 0.496. The Morgan fingerprint density at radius 2 is 1.64 bits per heavy atom. The van der Waals surface area contributed by atoms with Gasteiger partial charge in [-0.05, 0) is 67.3 Å².